The van der Waals surface area contributed by atoms with Gasteiger partial charge in [0.2, 0.25) is 0 Å². The van der Waals surface area contributed by atoms with E-state index in [0.29, 0.717) is 0 Å². The molecule has 152 valence electrons. The maximum Gasteiger partial charge on any atom is 0.153 e. The Kier molecular flexibility index (Phi) is 4.32. The van der Waals surface area contributed by atoms with Crippen LogP contribution in [-0.2, 0) is 0 Å². The lowest BCUT2D eigenvalue weighted by molar-refractivity contribution is 0.850. The Hall–Kier alpha value is -4.58. The Bertz CT molecular complexity index is 1500. The minimum atomic E-state index is 0.769. The average Bonchev–Trinajstić information content (AvgIpc) is 3.51. The van der Waals surface area contributed by atoms with Gasteiger partial charge in [-0.2, -0.15) is 5.10 Å². The van der Waals surface area contributed by atoms with Crippen LogP contribution >= 0.6 is 0 Å². The van der Waals surface area contributed by atoms with Gasteiger partial charge in [-0.15, -0.1) is 0 Å². The SMILES string of the molecule is c1ccc(-n2cc(-c3cccnc3)c(-c3ccc(-n4ccc5cccnc54)cc3)n2)nc1. The van der Waals surface area contributed by atoms with Crippen molar-refractivity contribution in [3.8, 4) is 33.9 Å². The monoisotopic (exact) mass is 414 g/mol. The molecule has 5 aromatic heterocycles. The van der Waals surface area contributed by atoms with Crippen molar-refractivity contribution in [2.24, 2.45) is 0 Å². The van der Waals surface area contributed by atoms with Crippen molar-refractivity contribution in [1.82, 2.24) is 29.3 Å². The molecule has 0 aliphatic heterocycles. The smallest absolute Gasteiger partial charge is 0.153 e. The molecule has 0 N–H and O–H groups in total. The van der Waals surface area contributed by atoms with Gasteiger partial charge in [0.1, 0.15) is 11.3 Å². The molecule has 0 radical (unpaired) electrons. The molecule has 1 aromatic carbocycles. The third-order valence-corrected chi connectivity index (χ3v) is 5.44. The minimum Gasteiger partial charge on any atom is -0.301 e. The molecule has 0 aliphatic rings. The molecule has 0 saturated heterocycles. The summed E-state index contributed by atoms with van der Waals surface area (Å²) in [5.74, 6) is 0.769. The summed E-state index contributed by atoms with van der Waals surface area (Å²) in [6.07, 6.45) is 11.3. The van der Waals surface area contributed by atoms with E-state index in [9.17, 15) is 0 Å². The van der Waals surface area contributed by atoms with Crippen molar-refractivity contribution in [2.45, 2.75) is 0 Å². The maximum absolute atomic E-state index is 4.88. The Morgan fingerprint density at radius 2 is 1.56 bits per heavy atom. The molecule has 6 aromatic rings. The molecule has 0 fully saturated rings. The van der Waals surface area contributed by atoms with Crippen LogP contribution in [0.2, 0.25) is 0 Å². The average molecular weight is 414 g/mol. The zero-order valence-electron chi connectivity index (χ0n) is 17.1. The molecule has 0 unspecified atom stereocenters. The normalized spacial score (nSPS) is 11.1. The van der Waals surface area contributed by atoms with Crippen LogP contribution in [0.5, 0.6) is 0 Å². The summed E-state index contributed by atoms with van der Waals surface area (Å²) >= 11 is 0. The van der Waals surface area contributed by atoms with E-state index in [4.69, 9.17) is 5.10 Å². The van der Waals surface area contributed by atoms with E-state index in [-0.39, 0.29) is 0 Å². The number of hydrogen-bond donors (Lipinski definition) is 0. The van der Waals surface area contributed by atoms with Crippen LogP contribution in [0.1, 0.15) is 0 Å². The summed E-state index contributed by atoms with van der Waals surface area (Å²) in [5.41, 5.74) is 5.90. The highest BCUT2D eigenvalue weighted by atomic mass is 15.3. The molecule has 6 rings (SSSR count). The molecule has 0 amide bonds. The lowest BCUT2D eigenvalue weighted by atomic mass is 10.0. The van der Waals surface area contributed by atoms with Gasteiger partial charge in [-0.1, -0.05) is 24.3 Å². The van der Waals surface area contributed by atoms with Crippen molar-refractivity contribution in [3.05, 3.63) is 110 Å². The van der Waals surface area contributed by atoms with E-state index in [0.717, 1.165) is 44.9 Å². The number of fused-ring (bicyclic) bond motifs is 1. The topological polar surface area (TPSA) is 61.4 Å². The standard InChI is InChI=1S/C26H18N6/c1-2-14-28-24(7-1)32-18-23(21-6-3-13-27-17-21)25(30-32)19-8-10-22(11-9-19)31-16-12-20-5-4-15-29-26(20)31/h1-18H. The van der Waals surface area contributed by atoms with Gasteiger partial charge < -0.3 is 4.57 Å². The molecular weight excluding hydrogens is 396 g/mol. The van der Waals surface area contributed by atoms with E-state index < -0.39 is 0 Å². The van der Waals surface area contributed by atoms with E-state index in [1.54, 1.807) is 12.4 Å². The van der Waals surface area contributed by atoms with Crippen LogP contribution in [0.3, 0.4) is 0 Å². The summed E-state index contributed by atoms with van der Waals surface area (Å²) in [7, 11) is 0. The molecule has 0 atom stereocenters. The molecule has 0 saturated carbocycles. The predicted octanol–water partition coefficient (Wildman–Crippen LogP) is 5.34. The van der Waals surface area contributed by atoms with Gasteiger partial charge in [0, 0.05) is 64.9 Å². The first kappa shape index (κ1) is 18.2. The first-order valence-corrected chi connectivity index (χ1v) is 10.3. The van der Waals surface area contributed by atoms with Gasteiger partial charge in [-0.3, -0.25) is 4.98 Å². The van der Waals surface area contributed by atoms with Gasteiger partial charge in [-0.25, -0.2) is 14.6 Å². The quantitative estimate of drug-likeness (QED) is 0.391. The highest BCUT2D eigenvalue weighted by molar-refractivity contribution is 5.81. The van der Waals surface area contributed by atoms with Crippen LogP contribution in [0.15, 0.2) is 110 Å². The van der Waals surface area contributed by atoms with E-state index >= 15 is 0 Å². The third-order valence-electron chi connectivity index (χ3n) is 5.44. The highest BCUT2D eigenvalue weighted by Crippen LogP contribution is 2.32. The van der Waals surface area contributed by atoms with Gasteiger partial charge in [0.05, 0.1) is 0 Å². The number of benzene rings is 1. The minimum absolute atomic E-state index is 0.769. The Labute approximate surface area is 184 Å². The van der Waals surface area contributed by atoms with Gasteiger partial charge >= 0.3 is 0 Å². The fourth-order valence-electron chi connectivity index (χ4n) is 3.88. The molecule has 6 heteroatoms. The Morgan fingerprint density at radius 1 is 0.688 bits per heavy atom. The second kappa shape index (κ2) is 7.59. The zero-order chi connectivity index (χ0) is 21.3. The lowest BCUT2D eigenvalue weighted by Gasteiger charge is -2.07. The molecule has 0 aliphatic carbocycles. The highest BCUT2D eigenvalue weighted by Gasteiger charge is 2.15. The van der Waals surface area contributed by atoms with Crippen molar-refractivity contribution in [2.75, 3.05) is 0 Å². The summed E-state index contributed by atoms with van der Waals surface area (Å²) in [4.78, 5) is 13.3. The first-order valence-electron chi connectivity index (χ1n) is 10.3. The third kappa shape index (κ3) is 3.15. The number of pyridine rings is 3. The molecular formula is C26H18N6. The second-order valence-electron chi connectivity index (χ2n) is 7.41. The van der Waals surface area contributed by atoms with Crippen molar-refractivity contribution < 1.29 is 0 Å². The number of hydrogen-bond acceptors (Lipinski definition) is 4. The number of rotatable bonds is 4. The Balaban J connectivity index is 1.45. The summed E-state index contributed by atoms with van der Waals surface area (Å²) in [6.45, 7) is 0. The van der Waals surface area contributed by atoms with Crippen LogP contribution in [-0.4, -0.2) is 29.3 Å². The Morgan fingerprint density at radius 3 is 2.38 bits per heavy atom. The van der Waals surface area contributed by atoms with E-state index in [1.165, 1.54) is 0 Å². The summed E-state index contributed by atoms with van der Waals surface area (Å²) < 4.78 is 3.91. The van der Waals surface area contributed by atoms with Gasteiger partial charge in [0.25, 0.3) is 0 Å². The maximum atomic E-state index is 4.88. The summed E-state index contributed by atoms with van der Waals surface area (Å²) in [6, 6.07) is 24.2. The van der Waals surface area contributed by atoms with Gasteiger partial charge in [-0.05, 0) is 48.5 Å². The van der Waals surface area contributed by atoms with Crippen LogP contribution in [0, 0.1) is 0 Å². The fraction of sp³-hybridized carbons (Fsp3) is 0. The van der Waals surface area contributed by atoms with Crippen molar-refractivity contribution in [1.29, 1.82) is 0 Å². The lowest BCUT2D eigenvalue weighted by Crippen LogP contribution is -1.97. The van der Waals surface area contributed by atoms with E-state index in [1.807, 2.05) is 65.9 Å². The largest absolute Gasteiger partial charge is 0.301 e. The predicted molar refractivity (Wildman–Crippen MR) is 125 cm³/mol. The van der Waals surface area contributed by atoms with Crippen LogP contribution < -0.4 is 0 Å². The van der Waals surface area contributed by atoms with Crippen molar-refractivity contribution >= 4 is 11.0 Å². The first-order chi connectivity index (χ1) is 15.9. The van der Waals surface area contributed by atoms with Gasteiger partial charge in [0.15, 0.2) is 5.82 Å². The molecule has 0 spiro atoms. The number of nitrogens with zero attached hydrogens (tertiary/aromatic N) is 6. The fourth-order valence-corrected chi connectivity index (χ4v) is 3.88. The summed E-state index contributed by atoms with van der Waals surface area (Å²) in [5, 5.41) is 5.99. The van der Waals surface area contributed by atoms with Crippen LogP contribution in [0.25, 0.3) is 44.9 Å². The zero-order valence-corrected chi connectivity index (χ0v) is 17.1. The van der Waals surface area contributed by atoms with E-state index in [2.05, 4.69) is 55.9 Å². The molecule has 5 heterocycles. The molecule has 6 nitrogen and oxygen atoms in total. The molecule has 0 bridgehead atoms. The molecule has 32 heavy (non-hydrogen) atoms. The van der Waals surface area contributed by atoms with Crippen LogP contribution in [0.4, 0.5) is 0 Å². The number of aromatic nitrogens is 6. The van der Waals surface area contributed by atoms with Crippen molar-refractivity contribution in [3.63, 3.8) is 0 Å². The second-order valence-corrected chi connectivity index (χ2v) is 7.41.